The molecule has 2 rings (SSSR count). The van der Waals surface area contributed by atoms with E-state index in [0.717, 1.165) is 16.0 Å². The summed E-state index contributed by atoms with van der Waals surface area (Å²) in [5, 5.41) is 5.96. The molecule has 1 heterocycles. The van der Waals surface area contributed by atoms with Crippen molar-refractivity contribution in [3.05, 3.63) is 18.2 Å². The molecule has 0 bridgehead atoms. The number of fused-ring (bicyclic) bond motifs is 1. The number of ether oxygens (including phenoxy) is 1. The standard InChI is InChI=1S/C17H23N3O3S/c1-6-23-11-7-8-12-13(9-11)24-16(19-12)20-14(21)10(2)18-15(22)17(3,4)5/h7-10H,6H2,1-5H3,(H,18,22)(H,19,20,21)/t10-/m1/s1. The highest BCUT2D eigenvalue weighted by Gasteiger charge is 2.25. The van der Waals surface area contributed by atoms with Crippen LogP contribution in [0.3, 0.4) is 0 Å². The summed E-state index contributed by atoms with van der Waals surface area (Å²) in [6, 6.07) is 4.97. The lowest BCUT2D eigenvalue weighted by atomic mass is 9.95. The van der Waals surface area contributed by atoms with Crippen molar-refractivity contribution in [1.29, 1.82) is 0 Å². The number of carbonyl (C=O) groups is 2. The van der Waals surface area contributed by atoms with Crippen LogP contribution in [0.2, 0.25) is 0 Å². The van der Waals surface area contributed by atoms with Gasteiger partial charge in [-0.15, -0.1) is 0 Å². The summed E-state index contributed by atoms with van der Waals surface area (Å²) >= 11 is 1.37. The van der Waals surface area contributed by atoms with Gasteiger partial charge in [-0.05, 0) is 32.0 Å². The molecule has 2 aromatic rings. The normalized spacial score (nSPS) is 12.7. The highest BCUT2D eigenvalue weighted by molar-refractivity contribution is 7.22. The molecule has 1 aromatic heterocycles. The maximum atomic E-state index is 12.2. The smallest absolute Gasteiger partial charge is 0.248 e. The van der Waals surface area contributed by atoms with E-state index in [1.54, 1.807) is 27.7 Å². The lowest BCUT2D eigenvalue weighted by Gasteiger charge is -2.21. The second-order valence-corrected chi connectivity index (χ2v) is 7.55. The number of anilines is 1. The fourth-order valence-corrected chi connectivity index (χ4v) is 2.80. The number of rotatable bonds is 5. The van der Waals surface area contributed by atoms with Crippen molar-refractivity contribution >= 4 is 38.5 Å². The van der Waals surface area contributed by atoms with Crippen molar-refractivity contribution in [1.82, 2.24) is 10.3 Å². The Hall–Kier alpha value is -2.15. The topological polar surface area (TPSA) is 80.3 Å². The summed E-state index contributed by atoms with van der Waals surface area (Å²) in [5.74, 6) is 0.310. The van der Waals surface area contributed by atoms with Gasteiger partial charge in [-0.3, -0.25) is 9.59 Å². The molecule has 1 aromatic carbocycles. The Morgan fingerprint density at radius 3 is 2.67 bits per heavy atom. The second-order valence-electron chi connectivity index (χ2n) is 6.52. The number of amides is 2. The number of hydrogen-bond donors (Lipinski definition) is 2. The Bertz CT molecular complexity index is 749. The van der Waals surface area contributed by atoms with E-state index in [1.807, 2.05) is 25.1 Å². The third-order valence-corrected chi connectivity index (χ3v) is 4.26. The van der Waals surface area contributed by atoms with Crippen molar-refractivity contribution in [2.45, 2.75) is 40.7 Å². The Kier molecular flexibility index (Phi) is 5.43. The Morgan fingerprint density at radius 1 is 1.33 bits per heavy atom. The van der Waals surface area contributed by atoms with E-state index < -0.39 is 11.5 Å². The lowest BCUT2D eigenvalue weighted by Crippen LogP contribution is -2.46. The molecule has 2 N–H and O–H groups in total. The van der Waals surface area contributed by atoms with Crippen molar-refractivity contribution in [3.63, 3.8) is 0 Å². The molecule has 0 aliphatic heterocycles. The summed E-state index contributed by atoms with van der Waals surface area (Å²) in [6.45, 7) is 9.58. The van der Waals surface area contributed by atoms with Crippen molar-refractivity contribution in [2.24, 2.45) is 5.41 Å². The summed E-state index contributed by atoms with van der Waals surface area (Å²) in [4.78, 5) is 28.6. The first-order valence-electron chi connectivity index (χ1n) is 7.86. The van der Waals surface area contributed by atoms with Gasteiger partial charge in [-0.1, -0.05) is 32.1 Å². The summed E-state index contributed by atoms with van der Waals surface area (Å²) in [6.07, 6.45) is 0. The molecule has 24 heavy (non-hydrogen) atoms. The van der Waals surface area contributed by atoms with Crippen LogP contribution in [0.4, 0.5) is 5.13 Å². The van der Waals surface area contributed by atoms with Gasteiger partial charge in [-0.25, -0.2) is 4.98 Å². The Labute approximate surface area is 145 Å². The van der Waals surface area contributed by atoms with Crippen molar-refractivity contribution < 1.29 is 14.3 Å². The molecular weight excluding hydrogens is 326 g/mol. The predicted octanol–water partition coefficient (Wildman–Crippen LogP) is 3.18. The fraction of sp³-hybridized carbons (Fsp3) is 0.471. The van der Waals surface area contributed by atoms with E-state index in [2.05, 4.69) is 15.6 Å². The van der Waals surface area contributed by atoms with Gasteiger partial charge in [0, 0.05) is 5.41 Å². The van der Waals surface area contributed by atoms with Crippen LogP contribution in [0.1, 0.15) is 34.6 Å². The minimum Gasteiger partial charge on any atom is -0.494 e. The summed E-state index contributed by atoms with van der Waals surface area (Å²) < 4.78 is 6.40. The first-order chi connectivity index (χ1) is 11.2. The molecule has 0 radical (unpaired) electrons. The van der Waals surface area contributed by atoms with Crippen molar-refractivity contribution in [3.8, 4) is 5.75 Å². The van der Waals surface area contributed by atoms with Gasteiger partial charge in [0.15, 0.2) is 5.13 Å². The van der Waals surface area contributed by atoms with Crippen molar-refractivity contribution in [2.75, 3.05) is 11.9 Å². The van der Waals surface area contributed by atoms with Gasteiger partial charge in [0.05, 0.1) is 16.8 Å². The molecule has 0 aliphatic carbocycles. The molecular formula is C17H23N3O3S. The molecule has 2 amide bonds. The zero-order valence-corrected chi connectivity index (χ0v) is 15.4. The first kappa shape index (κ1) is 18.2. The average Bonchev–Trinajstić information content (AvgIpc) is 2.87. The molecule has 0 saturated carbocycles. The largest absolute Gasteiger partial charge is 0.494 e. The lowest BCUT2D eigenvalue weighted by molar-refractivity contribution is -0.131. The molecule has 0 spiro atoms. The summed E-state index contributed by atoms with van der Waals surface area (Å²) in [5.41, 5.74) is 0.255. The predicted molar refractivity (Wildman–Crippen MR) is 96.5 cm³/mol. The molecule has 1 atom stereocenters. The number of nitrogens with one attached hydrogen (secondary N) is 2. The molecule has 0 aliphatic rings. The van der Waals surface area contributed by atoms with E-state index in [9.17, 15) is 9.59 Å². The number of thiazole rings is 1. The summed E-state index contributed by atoms with van der Waals surface area (Å²) in [7, 11) is 0. The third kappa shape index (κ3) is 4.44. The Morgan fingerprint density at radius 2 is 2.04 bits per heavy atom. The molecule has 7 heteroatoms. The van der Waals surface area contributed by atoms with Crippen LogP contribution >= 0.6 is 11.3 Å². The number of benzene rings is 1. The first-order valence-corrected chi connectivity index (χ1v) is 8.67. The van der Waals surface area contributed by atoms with Gasteiger partial charge < -0.3 is 15.4 Å². The number of hydrogen-bond acceptors (Lipinski definition) is 5. The van der Waals surface area contributed by atoms with Crippen LogP contribution in [0.5, 0.6) is 5.75 Å². The van der Waals surface area contributed by atoms with E-state index in [4.69, 9.17) is 4.74 Å². The highest BCUT2D eigenvalue weighted by atomic mass is 32.1. The van der Waals surface area contributed by atoms with Crippen LogP contribution in [0.15, 0.2) is 18.2 Å². The van der Waals surface area contributed by atoms with E-state index in [-0.39, 0.29) is 11.8 Å². The maximum absolute atomic E-state index is 12.2. The molecule has 130 valence electrons. The monoisotopic (exact) mass is 349 g/mol. The maximum Gasteiger partial charge on any atom is 0.248 e. The SMILES string of the molecule is CCOc1ccc2nc(NC(=O)[C@@H](C)NC(=O)C(C)(C)C)sc2c1. The van der Waals surface area contributed by atoms with Gasteiger partial charge in [-0.2, -0.15) is 0 Å². The minimum absolute atomic E-state index is 0.171. The molecule has 0 unspecified atom stereocenters. The molecule has 0 saturated heterocycles. The zero-order valence-electron chi connectivity index (χ0n) is 14.6. The van der Waals surface area contributed by atoms with E-state index in [0.29, 0.717) is 11.7 Å². The van der Waals surface area contributed by atoms with Gasteiger partial charge >= 0.3 is 0 Å². The van der Waals surface area contributed by atoms with Crippen LogP contribution in [-0.2, 0) is 9.59 Å². The van der Waals surface area contributed by atoms with E-state index in [1.165, 1.54) is 11.3 Å². The molecule has 6 nitrogen and oxygen atoms in total. The average molecular weight is 349 g/mol. The minimum atomic E-state index is -0.636. The second kappa shape index (κ2) is 7.17. The zero-order chi connectivity index (χ0) is 17.9. The van der Waals surface area contributed by atoms with Gasteiger partial charge in [0.25, 0.3) is 0 Å². The fourth-order valence-electron chi connectivity index (χ4n) is 1.91. The number of aromatic nitrogens is 1. The van der Waals surface area contributed by atoms with Gasteiger partial charge in [0.2, 0.25) is 11.8 Å². The molecule has 0 fully saturated rings. The van der Waals surface area contributed by atoms with Gasteiger partial charge in [0.1, 0.15) is 11.8 Å². The quantitative estimate of drug-likeness (QED) is 0.869. The number of carbonyl (C=O) groups excluding carboxylic acids is 2. The highest BCUT2D eigenvalue weighted by Crippen LogP contribution is 2.29. The van der Waals surface area contributed by atoms with E-state index >= 15 is 0 Å². The van der Waals surface area contributed by atoms with Crippen LogP contribution in [-0.4, -0.2) is 29.4 Å². The third-order valence-electron chi connectivity index (χ3n) is 3.32. The Balaban J connectivity index is 2.05. The van der Waals surface area contributed by atoms with Crippen LogP contribution in [0, 0.1) is 5.41 Å². The number of nitrogens with zero attached hydrogens (tertiary/aromatic N) is 1. The van der Waals surface area contributed by atoms with Crippen LogP contribution < -0.4 is 15.4 Å². The van der Waals surface area contributed by atoms with Crippen LogP contribution in [0.25, 0.3) is 10.2 Å².